The minimum Gasteiger partial charge on any atom is -0.350 e. The maximum absolute atomic E-state index is 6.14. The van der Waals surface area contributed by atoms with Crippen molar-refractivity contribution < 1.29 is 0 Å². The summed E-state index contributed by atoms with van der Waals surface area (Å²) in [4.78, 5) is 0. The molecular formula is C13H17ClN2. The minimum atomic E-state index is 0.739. The summed E-state index contributed by atoms with van der Waals surface area (Å²) in [6, 6.07) is 4.21. The van der Waals surface area contributed by atoms with E-state index in [0.29, 0.717) is 0 Å². The highest BCUT2D eigenvalue weighted by Gasteiger charge is 2.08. The van der Waals surface area contributed by atoms with Crippen LogP contribution in [0.5, 0.6) is 0 Å². The van der Waals surface area contributed by atoms with Crippen LogP contribution in [0.2, 0.25) is 5.02 Å². The van der Waals surface area contributed by atoms with Gasteiger partial charge in [0.1, 0.15) is 0 Å². The van der Waals surface area contributed by atoms with Crippen molar-refractivity contribution in [3.8, 4) is 0 Å². The molecule has 16 heavy (non-hydrogen) atoms. The number of benzene rings is 1. The molecule has 0 atom stereocenters. The first-order chi connectivity index (χ1) is 7.63. The van der Waals surface area contributed by atoms with Crippen molar-refractivity contribution in [1.82, 2.24) is 4.57 Å². The number of nitrogens with zero attached hydrogens (tertiary/aromatic N) is 1. The van der Waals surface area contributed by atoms with Crippen LogP contribution >= 0.6 is 11.6 Å². The summed E-state index contributed by atoms with van der Waals surface area (Å²) in [7, 11) is 2.06. The molecule has 0 aliphatic carbocycles. The van der Waals surface area contributed by atoms with Crippen LogP contribution in [0, 0.1) is 6.92 Å². The van der Waals surface area contributed by atoms with Crippen molar-refractivity contribution in [3.05, 3.63) is 34.5 Å². The third-order valence-electron chi connectivity index (χ3n) is 3.00. The summed E-state index contributed by atoms with van der Waals surface area (Å²) in [5.74, 6) is 0. The molecule has 0 bridgehead atoms. The fraction of sp³-hybridized carbons (Fsp3) is 0.385. The molecule has 1 aromatic heterocycles. The van der Waals surface area contributed by atoms with E-state index in [2.05, 4.69) is 23.9 Å². The Balaban J connectivity index is 2.55. The Hall–Kier alpha value is -0.990. The Bertz CT molecular complexity index is 514. The number of aromatic nitrogens is 1. The lowest BCUT2D eigenvalue weighted by atomic mass is 10.1. The second-order valence-electron chi connectivity index (χ2n) is 4.28. The van der Waals surface area contributed by atoms with E-state index in [1.807, 2.05) is 13.0 Å². The number of rotatable bonds is 3. The third kappa shape index (κ3) is 1.95. The summed E-state index contributed by atoms with van der Waals surface area (Å²) in [5.41, 5.74) is 9.25. The van der Waals surface area contributed by atoms with Gasteiger partial charge in [-0.1, -0.05) is 11.6 Å². The SMILES string of the molecule is Cc1cc2c(CCCN)cn(C)c2cc1Cl. The molecule has 2 rings (SSSR count). The van der Waals surface area contributed by atoms with Gasteiger partial charge in [0.2, 0.25) is 0 Å². The molecule has 0 saturated carbocycles. The van der Waals surface area contributed by atoms with Crippen LogP contribution in [0.15, 0.2) is 18.3 Å². The molecule has 0 radical (unpaired) electrons. The Morgan fingerprint density at radius 1 is 1.38 bits per heavy atom. The molecule has 0 unspecified atom stereocenters. The molecule has 2 nitrogen and oxygen atoms in total. The number of nitrogens with two attached hydrogens (primary N) is 1. The molecule has 0 spiro atoms. The molecule has 0 amide bonds. The zero-order valence-electron chi connectivity index (χ0n) is 9.76. The minimum absolute atomic E-state index is 0.739. The lowest BCUT2D eigenvalue weighted by Crippen LogP contribution is -1.99. The summed E-state index contributed by atoms with van der Waals surface area (Å²) in [6.45, 7) is 2.78. The van der Waals surface area contributed by atoms with Gasteiger partial charge < -0.3 is 10.3 Å². The van der Waals surface area contributed by atoms with Crippen molar-refractivity contribution in [2.45, 2.75) is 19.8 Å². The third-order valence-corrected chi connectivity index (χ3v) is 3.41. The molecule has 86 valence electrons. The monoisotopic (exact) mass is 236 g/mol. The van der Waals surface area contributed by atoms with Gasteiger partial charge >= 0.3 is 0 Å². The van der Waals surface area contributed by atoms with E-state index in [0.717, 1.165) is 30.0 Å². The molecule has 1 heterocycles. The Labute approximate surface area is 101 Å². The van der Waals surface area contributed by atoms with Crippen molar-refractivity contribution in [1.29, 1.82) is 0 Å². The van der Waals surface area contributed by atoms with Crippen molar-refractivity contribution in [2.75, 3.05) is 6.54 Å². The fourth-order valence-electron chi connectivity index (χ4n) is 2.08. The van der Waals surface area contributed by atoms with Gasteiger partial charge in [-0.05, 0) is 49.6 Å². The standard InChI is InChI=1S/C13H17ClN2/c1-9-6-11-10(4-3-5-15)8-16(2)13(11)7-12(9)14/h6-8H,3-5,15H2,1-2H3. The van der Waals surface area contributed by atoms with Gasteiger partial charge in [0.25, 0.3) is 0 Å². The van der Waals surface area contributed by atoms with Gasteiger partial charge in [-0.15, -0.1) is 0 Å². The highest BCUT2D eigenvalue weighted by atomic mass is 35.5. The summed E-state index contributed by atoms with van der Waals surface area (Å²) in [5, 5.41) is 2.14. The summed E-state index contributed by atoms with van der Waals surface area (Å²) < 4.78 is 2.13. The van der Waals surface area contributed by atoms with Gasteiger partial charge in [0.15, 0.2) is 0 Å². The number of aryl methyl sites for hydroxylation is 3. The first-order valence-electron chi connectivity index (χ1n) is 5.57. The molecule has 2 aromatic rings. The Kier molecular flexibility index (Phi) is 3.22. The molecule has 2 N–H and O–H groups in total. The van der Waals surface area contributed by atoms with Crippen molar-refractivity contribution in [2.24, 2.45) is 12.8 Å². The van der Waals surface area contributed by atoms with Crippen LogP contribution in [0.25, 0.3) is 10.9 Å². The van der Waals surface area contributed by atoms with Crippen LogP contribution in [-0.2, 0) is 13.5 Å². The average molecular weight is 237 g/mol. The van der Waals surface area contributed by atoms with Crippen molar-refractivity contribution >= 4 is 22.5 Å². The van der Waals surface area contributed by atoms with Crippen LogP contribution in [0.1, 0.15) is 17.5 Å². The first kappa shape index (κ1) is 11.5. The van der Waals surface area contributed by atoms with Gasteiger partial charge in [-0.25, -0.2) is 0 Å². The van der Waals surface area contributed by atoms with E-state index in [4.69, 9.17) is 17.3 Å². The molecule has 3 heteroatoms. The Morgan fingerprint density at radius 3 is 2.81 bits per heavy atom. The predicted molar refractivity (Wildman–Crippen MR) is 70.0 cm³/mol. The topological polar surface area (TPSA) is 30.9 Å². The zero-order valence-corrected chi connectivity index (χ0v) is 10.5. The van der Waals surface area contributed by atoms with Gasteiger partial charge in [0, 0.05) is 29.2 Å². The Morgan fingerprint density at radius 2 is 2.12 bits per heavy atom. The van der Waals surface area contributed by atoms with Crippen molar-refractivity contribution in [3.63, 3.8) is 0 Å². The van der Waals surface area contributed by atoms with Crippen LogP contribution in [0.4, 0.5) is 0 Å². The zero-order chi connectivity index (χ0) is 11.7. The molecule has 0 aliphatic heterocycles. The largest absolute Gasteiger partial charge is 0.350 e. The van der Waals surface area contributed by atoms with E-state index in [1.165, 1.54) is 16.5 Å². The predicted octanol–water partition coefficient (Wildman–Crippen LogP) is 3.03. The quantitative estimate of drug-likeness (QED) is 0.873. The number of hydrogen-bond donors (Lipinski definition) is 1. The fourth-order valence-corrected chi connectivity index (χ4v) is 2.24. The van der Waals surface area contributed by atoms with E-state index < -0.39 is 0 Å². The lowest BCUT2D eigenvalue weighted by molar-refractivity contribution is 0.830. The second kappa shape index (κ2) is 4.48. The highest BCUT2D eigenvalue weighted by Crippen LogP contribution is 2.27. The van der Waals surface area contributed by atoms with E-state index >= 15 is 0 Å². The average Bonchev–Trinajstić information content (AvgIpc) is 2.54. The number of fused-ring (bicyclic) bond motifs is 1. The number of halogens is 1. The maximum atomic E-state index is 6.14. The normalized spacial score (nSPS) is 11.2. The van der Waals surface area contributed by atoms with E-state index in [9.17, 15) is 0 Å². The van der Waals surface area contributed by atoms with Gasteiger partial charge in [-0.2, -0.15) is 0 Å². The molecular weight excluding hydrogens is 220 g/mol. The highest BCUT2D eigenvalue weighted by molar-refractivity contribution is 6.32. The number of hydrogen-bond acceptors (Lipinski definition) is 1. The van der Waals surface area contributed by atoms with Gasteiger partial charge in [-0.3, -0.25) is 0 Å². The van der Waals surface area contributed by atoms with E-state index in [1.54, 1.807) is 0 Å². The molecule has 0 fully saturated rings. The summed E-state index contributed by atoms with van der Waals surface area (Å²) >= 11 is 6.14. The molecule has 0 saturated heterocycles. The van der Waals surface area contributed by atoms with Crippen LogP contribution in [-0.4, -0.2) is 11.1 Å². The molecule has 0 aliphatic rings. The maximum Gasteiger partial charge on any atom is 0.0495 e. The second-order valence-corrected chi connectivity index (χ2v) is 4.68. The summed E-state index contributed by atoms with van der Waals surface area (Å²) in [6.07, 6.45) is 4.24. The smallest absolute Gasteiger partial charge is 0.0495 e. The van der Waals surface area contributed by atoms with Crippen LogP contribution < -0.4 is 5.73 Å². The molecule has 1 aromatic carbocycles. The van der Waals surface area contributed by atoms with E-state index in [-0.39, 0.29) is 0 Å². The van der Waals surface area contributed by atoms with Gasteiger partial charge in [0.05, 0.1) is 0 Å². The van der Waals surface area contributed by atoms with Crippen LogP contribution in [0.3, 0.4) is 0 Å². The first-order valence-corrected chi connectivity index (χ1v) is 5.95. The lowest BCUT2D eigenvalue weighted by Gasteiger charge is -2.01.